The highest BCUT2D eigenvalue weighted by molar-refractivity contribution is 6.57. The predicted octanol–water partition coefficient (Wildman–Crippen LogP) is -2.27. The van der Waals surface area contributed by atoms with E-state index in [1.54, 1.807) is 0 Å². The van der Waals surface area contributed by atoms with E-state index in [4.69, 9.17) is 27.2 Å². The van der Waals surface area contributed by atoms with E-state index in [9.17, 15) is 14.6 Å². The highest BCUT2D eigenvalue weighted by Crippen LogP contribution is 2.30. The van der Waals surface area contributed by atoms with Crippen LogP contribution in [0.5, 0.6) is 0 Å². The number of nitrogens with two attached hydrogens (primary N) is 1. The molecule has 0 amide bonds. The summed E-state index contributed by atoms with van der Waals surface area (Å²) in [6.45, 7) is -0.524. The molecular weight excluding hydrogens is 309 g/mol. The van der Waals surface area contributed by atoms with E-state index in [0.29, 0.717) is 0 Å². The zero-order valence-corrected chi connectivity index (χ0v) is 11.4. The fraction of sp³-hybridized carbons (Fsp3) is 0.700. The van der Waals surface area contributed by atoms with Crippen LogP contribution in [0, 0.1) is 0 Å². The number of hydrogen-bond acceptors (Lipinski definition) is 9. The largest absolute Gasteiger partial charge is 0.394 e. The van der Waals surface area contributed by atoms with Crippen molar-refractivity contribution >= 4 is 29.2 Å². The van der Waals surface area contributed by atoms with Crippen molar-refractivity contribution in [2.24, 2.45) is 20.7 Å². The maximum absolute atomic E-state index is 13.4. The van der Waals surface area contributed by atoms with Crippen molar-refractivity contribution in [3.8, 4) is 0 Å². The normalized spacial score (nSPS) is 42.6. The fourth-order valence-corrected chi connectivity index (χ4v) is 2.66. The molecule has 0 aromatic rings. The predicted molar refractivity (Wildman–Crippen MR) is 70.7 cm³/mol. The molecule has 0 bridgehead atoms. The summed E-state index contributed by atoms with van der Waals surface area (Å²) in [5, 5.41) is 26.9. The minimum Gasteiger partial charge on any atom is -0.394 e. The van der Waals surface area contributed by atoms with Crippen LogP contribution in [-0.4, -0.2) is 80.8 Å². The van der Waals surface area contributed by atoms with Crippen molar-refractivity contribution in [2.45, 2.75) is 29.7 Å². The van der Waals surface area contributed by atoms with Crippen LogP contribution in [-0.2, 0) is 4.74 Å². The summed E-state index contributed by atoms with van der Waals surface area (Å²) < 4.78 is 18.8. The molecule has 0 saturated carbocycles. The van der Waals surface area contributed by atoms with Crippen molar-refractivity contribution in [3.05, 3.63) is 0 Å². The Balaban J connectivity index is 1.89. The second-order valence-electron chi connectivity index (χ2n) is 4.84. The number of aliphatic hydroxyl groups is 3. The second kappa shape index (κ2) is 4.93. The Morgan fingerprint density at radius 2 is 2.19 bits per heavy atom. The van der Waals surface area contributed by atoms with Gasteiger partial charge in [-0.1, -0.05) is 11.6 Å². The number of fused-ring (bicyclic) bond motifs is 1. The van der Waals surface area contributed by atoms with Gasteiger partial charge in [0.1, 0.15) is 30.7 Å². The lowest BCUT2D eigenvalue weighted by molar-refractivity contribution is -0.0688. The number of halogens is 2. The monoisotopic (exact) mass is 321 g/mol. The van der Waals surface area contributed by atoms with Gasteiger partial charge in [0.15, 0.2) is 12.1 Å². The number of ether oxygens (including phenoxy) is 1. The lowest BCUT2D eigenvalue weighted by Crippen LogP contribution is -2.53. The molecule has 0 aromatic heterocycles. The molecule has 5 N–H and O–H groups in total. The maximum Gasteiger partial charge on any atom is 0.309 e. The number of aliphatic hydroxyl groups excluding tert-OH is 3. The lowest BCUT2D eigenvalue weighted by atomic mass is 10.1. The average molecular weight is 322 g/mol. The quantitative estimate of drug-likeness (QED) is 0.334. The van der Waals surface area contributed by atoms with Gasteiger partial charge in [-0.15, -0.1) is 0 Å². The zero-order chi connectivity index (χ0) is 15.4. The molecule has 3 aliphatic rings. The van der Waals surface area contributed by atoms with Gasteiger partial charge in [0.2, 0.25) is 5.12 Å². The summed E-state index contributed by atoms with van der Waals surface area (Å²) in [7, 11) is 0. The third-order valence-corrected chi connectivity index (χ3v) is 3.74. The van der Waals surface area contributed by atoms with E-state index in [1.165, 1.54) is 4.90 Å². The van der Waals surface area contributed by atoms with E-state index < -0.39 is 42.4 Å². The molecule has 1 saturated heterocycles. The van der Waals surface area contributed by atoms with Crippen LogP contribution in [0.15, 0.2) is 15.0 Å². The molecule has 5 atom stereocenters. The van der Waals surface area contributed by atoms with Crippen molar-refractivity contribution in [3.63, 3.8) is 0 Å². The first-order chi connectivity index (χ1) is 9.85. The summed E-state index contributed by atoms with van der Waals surface area (Å²) in [6, 6.07) is 0. The van der Waals surface area contributed by atoms with Gasteiger partial charge in [0.25, 0.3) is 0 Å². The Kier molecular flexibility index (Phi) is 3.47. The summed E-state index contributed by atoms with van der Waals surface area (Å²) >= 11 is 5.88. The smallest absolute Gasteiger partial charge is 0.309 e. The molecule has 116 valence electrons. The summed E-state index contributed by atoms with van der Waals surface area (Å²) in [6.07, 6.45) is -5.76. The molecule has 11 heteroatoms. The van der Waals surface area contributed by atoms with E-state index in [2.05, 4.69) is 15.0 Å². The third-order valence-electron chi connectivity index (χ3n) is 3.47. The molecule has 0 aromatic carbocycles. The van der Waals surface area contributed by atoms with E-state index in [-0.39, 0.29) is 18.2 Å². The fourth-order valence-electron chi connectivity index (χ4n) is 2.44. The molecular formula is C10H13ClFN5O4. The first kappa shape index (κ1) is 14.8. The maximum atomic E-state index is 13.4. The van der Waals surface area contributed by atoms with Crippen molar-refractivity contribution < 1.29 is 24.4 Å². The zero-order valence-electron chi connectivity index (χ0n) is 10.6. The van der Waals surface area contributed by atoms with E-state index in [1.807, 2.05) is 0 Å². The molecule has 21 heavy (non-hydrogen) atoms. The first-order valence-electron chi connectivity index (χ1n) is 6.11. The Morgan fingerprint density at radius 1 is 1.48 bits per heavy atom. The van der Waals surface area contributed by atoms with Crippen molar-refractivity contribution in [1.82, 2.24) is 4.90 Å². The molecule has 3 heterocycles. The van der Waals surface area contributed by atoms with Crippen LogP contribution in [0.1, 0.15) is 0 Å². The Morgan fingerprint density at radius 3 is 2.81 bits per heavy atom. The van der Waals surface area contributed by atoms with Crippen molar-refractivity contribution in [1.29, 1.82) is 0 Å². The number of nitrogens with zero attached hydrogens (tertiary/aromatic N) is 4. The molecule has 0 radical (unpaired) electrons. The number of alkyl halides is 1. The molecule has 9 nitrogen and oxygen atoms in total. The molecule has 1 unspecified atom stereocenters. The second-order valence-corrected chi connectivity index (χ2v) is 5.41. The van der Waals surface area contributed by atoms with Gasteiger partial charge in [-0.2, -0.15) is 14.4 Å². The van der Waals surface area contributed by atoms with Gasteiger partial charge in [0, 0.05) is 0 Å². The highest BCUT2D eigenvalue weighted by atomic mass is 35.5. The standard InChI is InChI=1S/C10H13ClFN5O4/c11-10(13)6-7(15-9(12)16-10)17(2-14-6)8-5(20)4(19)3(1-18)21-8/h3-5,8,18-20H,1-2,13H2/t3-,4-,5-,8-,10?/m1/s1. The van der Waals surface area contributed by atoms with Gasteiger partial charge < -0.3 is 25.0 Å². The van der Waals surface area contributed by atoms with Crippen LogP contribution in [0.2, 0.25) is 0 Å². The molecule has 3 aliphatic heterocycles. The molecule has 3 rings (SSSR count). The minimum atomic E-state index is -1.88. The van der Waals surface area contributed by atoms with Gasteiger partial charge in [0.05, 0.1) is 6.61 Å². The Labute approximate surface area is 123 Å². The van der Waals surface area contributed by atoms with Gasteiger partial charge in [-0.05, 0) is 0 Å². The van der Waals surface area contributed by atoms with Crippen LogP contribution in [0.3, 0.4) is 0 Å². The Bertz CT molecular complexity index is 554. The SMILES string of the molecule is NC1(Cl)N=C(F)N=C2C1=NCN2[C@@H]1O[C@H](CO)[C@@H](O)[C@H]1O. The number of rotatable bonds is 2. The van der Waals surface area contributed by atoms with Crippen LogP contribution < -0.4 is 5.73 Å². The van der Waals surface area contributed by atoms with E-state index >= 15 is 0 Å². The van der Waals surface area contributed by atoms with E-state index in [0.717, 1.165) is 0 Å². The van der Waals surface area contributed by atoms with Gasteiger partial charge in [-0.3, -0.25) is 10.7 Å². The summed E-state index contributed by atoms with van der Waals surface area (Å²) in [5.74, 6) is -0.0187. The molecule has 1 fully saturated rings. The number of aliphatic imine (C=N–C) groups is 3. The van der Waals surface area contributed by atoms with Crippen LogP contribution in [0.4, 0.5) is 4.39 Å². The minimum absolute atomic E-state index is 0.0187. The lowest BCUT2D eigenvalue weighted by Gasteiger charge is -2.30. The van der Waals surface area contributed by atoms with Gasteiger partial charge in [-0.25, -0.2) is 0 Å². The Hall–Kier alpha value is -1.17. The van der Waals surface area contributed by atoms with Crippen LogP contribution in [0.25, 0.3) is 0 Å². The topological polar surface area (TPSA) is 136 Å². The number of amidine groups is 2. The summed E-state index contributed by atoms with van der Waals surface area (Å²) in [4.78, 5) is 12.2. The van der Waals surface area contributed by atoms with Crippen LogP contribution >= 0.6 is 11.6 Å². The number of hydrogen-bond donors (Lipinski definition) is 4. The first-order valence-corrected chi connectivity index (χ1v) is 6.49. The van der Waals surface area contributed by atoms with Gasteiger partial charge >= 0.3 is 6.09 Å². The average Bonchev–Trinajstić information content (AvgIpc) is 2.93. The molecule has 0 spiro atoms. The third kappa shape index (κ3) is 2.24. The molecule has 0 aliphatic carbocycles. The summed E-state index contributed by atoms with van der Waals surface area (Å²) in [5.41, 5.74) is 5.68. The highest BCUT2D eigenvalue weighted by Gasteiger charge is 2.50. The van der Waals surface area contributed by atoms with Crippen molar-refractivity contribution in [2.75, 3.05) is 13.3 Å².